The standard InChI is InChI=1S/C25H36N2O4/c1-2-3-4-5-9-14-23(19-27-18-17-26-21-27)31-25(29)16-11-10-15-24(28)30-20-22-12-7-6-8-13-22/h6-8,12-13,17-18,21,23H,2-5,9-11,14-16,19-20H2,1H3. The molecular formula is C25H36N2O4. The van der Waals surface area contributed by atoms with Gasteiger partial charge in [0.15, 0.2) is 0 Å². The maximum Gasteiger partial charge on any atom is 0.306 e. The third-order valence-corrected chi connectivity index (χ3v) is 5.16. The van der Waals surface area contributed by atoms with Gasteiger partial charge < -0.3 is 14.0 Å². The van der Waals surface area contributed by atoms with Gasteiger partial charge in [-0.15, -0.1) is 0 Å². The first-order valence-corrected chi connectivity index (χ1v) is 11.5. The second kappa shape index (κ2) is 15.2. The number of esters is 2. The minimum absolute atomic E-state index is 0.140. The van der Waals surface area contributed by atoms with Gasteiger partial charge >= 0.3 is 11.9 Å². The van der Waals surface area contributed by atoms with Crippen LogP contribution in [0.1, 0.15) is 76.7 Å². The van der Waals surface area contributed by atoms with Gasteiger partial charge in [-0.25, -0.2) is 4.98 Å². The molecular weight excluding hydrogens is 392 g/mol. The van der Waals surface area contributed by atoms with Crippen LogP contribution >= 0.6 is 0 Å². The van der Waals surface area contributed by atoms with E-state index in [1.165, 1.54) is 19.3 Å². The predicted molar refractivity (Wildman–Crippen MR) is 120 cm³/mol. The zero-order valence-electron chi connectivity index (χ0n) is 18.7. The van der Waals surface area contributed by atoms with Gasteiger partial charge in [0.05, 0.1) is 12.9 Å². The minimum atomic E-state index is -0.234. The molecule has 170 valence electrons. The summed E-state index contributed by atoms with van der Waals surface area (Å²) in [6, 6.07) is 9.61. The number of benzene rings is 1. The number of nitrogens with zero attached hydrogens (tertiary/aromatic N) is 2. The van der Waals surface area contributed by atoms with E-state index in [-0.39, 0.29) is 24.6 Å². The highest BCUT2D eigenvalue weighted by atomic mass is 16.5. The molecule has 0 spiro atoms. The third-order valence-electron chi connectivity index (χ3n) is 5.16. The average molecular weight is 429 g/mol. The Morgan fingerprint density at radius 3 is 2.42 bits per heavy atom. The van der Waals surface area contributed by atoms with Crippen LogP contribution in [-0.4, -0.2) is 27.6 Å². The molecule has 1 unspecified atom stereocenters. The van der Waals surface area contributed by atoms with Crippen LogP contribution in [0.15, 0.2) is 49.1 Å². The fourth-order valence-electron chi connectivity index (χ4n) is 3.39. The lowest BCUT2D eigenvalue weighted by molar-refractivity contribution is -0.151. The van der Waals surface area contributed by atoms with Crippen molar-refractivity contribution in [3.8, 4) is 0 Å². The van der Waals surface area contributed by atoms with Gasteiger partial charge in [0.1, 0.15) is 12.7 Å². The fraction of sp³-hybridized carbons (Fsp3) is 0.560. The second-order valence-corrected chi connectivity index (χ2v) is 7.93. The Bertz CT molecular complexity index is 731. The largest absolute Gasteiger partial charge is 0.461 e. The van der Waals surface area contributed by atoms with Crippen LogP contribution in [0.25, 0.3) is 0 Å². The smallest absolute Gasteiger partial charge is 0.306 e. The highest BCUT2D eigenvalue weighted by Crippen LogP contribution is 2.13. The number of carbonyl (C=O) groups excluding carboxylic acids is 2. The summed E-state index contributed by atoms with van der Waals surface area (Å²) in [5.74, 6) is -0.432. The highest BCUT2D eigenvalue weighted by molar-refractivity contribution is 5.70. The van der Waals surface area contributed by atoms with Crippen molar-refractivity contribution in [2.75, 3.05) is 0 Å². The molecule has 0 amide bonds. The van der Waals surface area contributed by atoms with E-state index in [2.05, 4.69) is 11.9 Å². The Morgan fingerprint density at radius 2 is 1.71 bits per heavy atom. The molecule has 0 saturated carbocycles. The fourth-order valence-corrected chi connectivity index (χ4v) is 3.39. The second-order valence-electron chi connectivity index (χ2n) is 7.93. The molecule has 0 fully saturated rings. The van der Waals surface area contributed by atoms with Gasteiger partial charge in [-0.2, -0.15) is 0 Å². The van der Waals surface area contributed by atoms with Crippen LogP contribution in [0, 0.1) is 0 Å². The molecule has 2 aromatic rings. The van der Waals surface area contributed by atoms with Gasteiger partial charge in [0.25, 0.3) is 0 Å². The lowest BCUT2D eigenvalue weighted by Gasteiger charge is -2.18. The normalized spacial score (nSPS) is 11.8. The first-order valence-electron chi connectivity index (χ1n) is 11.5. The number of ether oxygens (including phenoxy) is 2. The van der Waals surface area contributed by atoms with E-state index in [0.29, 0.717) is 32.2 Å². The quantitative estimate of drug-likeness (QED) is 0.262. The predicted octanol–water partition coefficient (Wildman–Crippen LogP) is 5.46. The Kier molecular flexibility index (Phi) is 12.1. The lowest BCUT2D eigenvalue weighted by Crippen LogP contribution is -2.23. The van der Waals surface area contributed by atoms with Crippen LogP contribution in [0.2, 0.25) is 0 Å². The molecule has 6 heteroatoms. The number of imidazole rings is 1. The molecule has 31 heavy (non-hydrogen) atoms. The van der Waals surface area contributed by atoms with Gasteiger partial charge in [0.2, 0.25) is 0 Å². The van der Waals surface area contributed by atoms with Gasteiger partial charge in [-0.1, -0.05) is 62.9 Å². The zero-order valence-corrected chi connectivity index (χ0v) is 18.7. The first-order chi connectivity index (χ1) is 15.2. The monoisotopic (exact) mass is 428 g/mol. The maximum absolute atomic E-state index is 12.3. The topological polar surface area (TPSA) is 70.4 Å². The van der Waals surface area contributed by atoms with E-state index >= 15 is 0 Å². The van der Waals surface area contributed by atoms with E-state index < -0.39 is 0 Å². The van der Waals surface area contributed by atoms with Crippen molar-refractivity contribution in [1.82, 2.24) is 9.55 Å². The van der Waals surface area contributed by atoms with Crippen LogP contribution < -0.4 is 0 Å². The molecule has 0 radical (unpaired) electrons. The van der Waals surface area contributed by atoms with Gasteiger partial charge in [-0.05, 0) is 31.2 Å². The number of rotatable bonds is 16. The van der Waals surface area contributed by atoms with Gasteiger partial charge in [0, 0.05) is 25.2 Å². The number of hydrogen-bond donors (Lipinski definition) is 0. The molecule has 6 nitrogen and oxygen atoms in total. The molecule has 1 aromatic carbocycles. The molecule has 0 aliphatic rings. The van der Waals surface area contributed by atoms with Crippen molar-refractivity contribution >= 4 is 11.9 Å². The summed E-state index contributed by atoms with van der Waals surface area (Å²) in [5.41, 5.74) is 0.970. The molecule has 1 heterocycles. The van der Waals surface area contributed by atoms with Crippen molar-refractivity contribution in [3.05, 3.63) is 54.6 Å². The number of hydrogen-bond acceptors (Lipinski definition) is 5. The Labute approximate surface area is 186 Å². The van der Waals surface area contributed by atoms with E-state index in [9.17, 15) is 9.59 Å². The molecule has 2 rings (SSSR count). The summed E-state index contributed by atoms with van der Waals surface area (Å²) in [7, 11) is 0. The maximum atomic E-state index is 12.3. The van der Waals surface area contributed by atoms with Crippen molar-refractivity contribution in [3.63, 3.8) is 0 Å². The number of carbonyl (C=O) groups is 2. The minimum Gasteiger partial charge on any atom is -0.461 e. The van der Waals surface area contributed by atoms with E-state index in [0.717, 1.165) is 24.8 Å². The highest BCUT2D eigenvalue weighted by Gasteiger charge is 2.15. The average Bonchev–Trinajstić information content (AvgIpc) is 3.29. The Morgan fingerprint density at radius 1 is 0.968 bits per heavy atom. The summed E-state index contributed by atoms with van der Waals surface area (Å²) in [5, 5.41) is 0. The first kappa shape index (κ1) is 24.6. The van der Waals surface area contributed by atoms with Gasteiger partial charge in [-0.3, -0.25) is 9.59 Å². The molecule has 0 aliphatic heterocycles. The summed E-state index contributed by atoms with van der Waals surface area (Å²) in [6.07, 6.45) is 13.9. The van der Waals surface area contributed by atoms with Crippen LogP contribution in [0.4, 0.5) is 0 Å². The van der Waals surface area contributed by atoms with Crippen molar-refractivity contribution in [1.29, 1.82) is 0 Å². The van der Waals surface area contributed by atoms with Crippen LogP contribution in [-0.2, 0) is 32.2 Å². The van der Waals surface area contributed by atoms with E-state index in [4.69, 9.17) is 9.47 Å². The Balaban J connectivity index is 1.62. The zero-order chi connectivity index (χ0) is 22.2. The van der Waals surface area contributed by atoms with Crippen molar-refractivity contribution < 1.29 is 19.1 Å². The third kappa shape index (κ3) is 11.4. The van der Waals surface area contributed by atoms with Crippen molar-refractivity contribution in [2.45, 2.75) is 90.4 Å². The lowest BCUT2D eigenvalue weighted by atomic mass is 10.1. The summed E-state index contributed by atoms with van der Waals surface area (Å²) < 4.78 is 13.0. The molecule has 0 N–H and O–H groups in total. The van der Waals surface area contributed by atoms with E-state index in [1.807, 2.05) is 41.1 Å². The molecule has 0 aliphatic carbocycles. The number of aromatic nitrogens is 2. The molecule has 0 saturated heterocycles. The van der Waals surface area contributed by atoms with Crippen molar-refractivity contribution in [2.24, 2.45) is 0 Å². The SMILES string of the molecule is CCCCCCCC(Cn1ccnc1)OC(=O)CCCCC(=O)OCc1ccccc1. The Hall–Kier alpha value is -2.63. The number of unbranched alkanes of at least 4 members (excludes halogenated alkanes) is 5. The molecule has 0 bridgehead atoms. The van der Waals surface area contributed by atoms with Crippen LogP contribution in [0.5, 0.6) is 0 Å². The summed E-state index contributed by atoms with van der Waals surface area (Å²) in [6.45, 7) is 3.12. The van der Waals surface area contributed by atoms with E-state index in [1.54, 1.807) is 12.5 Å². The molecule has 1 atom stereocenters. The summed E-state index contributed by atoms with van der Waals surface area (Å²) >= 11 is 0. The van der Waals surface area contributed by atoms with Crippen LogP contribution in [0.3, 0.4) is 0 Å². The molecule has 1 aromatic heterocycles. The summed E-state index contributed by atoms with van der Waals surface area (Å²) in [4.78, 5) is 28.2.